The summed E-state index contributed by atoms with van der Waals surface area (Å²) >= 11 is 1.27. The Kier molecular flexibility index (Phi) is 6.59. The predicted octanol–water partition coefficient (Wildman–Crippen LogP) is 3.90. The van der Waals surface area contributed by atoms with Crippen LogP contribution in [-0.4, -0.2) is 37.0 Å². The van der Waals surface area contributed by atoms with Crippen molar-refractivity contribution in [1.82, 2.24) is 36.0 Å². The van der Waals surface area contributed by atoms with E-state index in [2.05, 4.69) is 31.2 Å². The van der Waals surface area contributed by atoms with Crippen molar-refractivity contribution in [2.45, 2.75) is 13.5 Å². The molecule has 2 N–H and O–H groups in total. The summed E-state index contributed by atoms with van der Waals surface area (Å²) in [6, 6.07) is 26.0. The van der Waals surface area contributed by atoms with Crippen LogP contribution in [0.1, 0.15) is 30.6 Å². The molecule has 5 aromatic rings. The van der Waals surface area contributed by atoms with Crippen molar-refractivity contribution in [3.05, 3.63) is 106 Å². The highest BCUT2D eigenvalue weighted by molar-refractivity contribution is 7.14. The lowest BCUT2D eigenvalue weighted by Gasteiger charge is -2.08. The van der Waals surface area contributed by atoms with Crippen LogP contribution >= 0.6 is 11.3 Å². The number of tetrazole rings is 1. The Morgan fingerprint density at radius 2 is 1.47 bits per heavy atom. The second-order valence-corrected chi connectivity index (χ2v) is 9.09. The molecule has 2 amide bonds. The van der Waals surface area contributed by atoms with Crippen LogP contribution in [0.5, 0.6) is 0 Å². The van der Waals surface area contributed by atoms with Crippen molar-refractivity contribution in [3.8, 4) is 22.6 Å². The number of nitrogens with one attached hydrogen (secondary N) is 2. The summed E-state index contributed by atoms with van der Waals surface area (Å²) in [6.07, 6.45) is 0. The lowest BCUT2D eigenvalue weighted by Crippen LogP contribution is -2.41. The van der Waals surface area contributed by atoms with E-state index in [1.165, 1.54) is 16.1 Å². The number of aryl methyl sites for hydroxylation is 1. The highest BCUT2D eigenvalue weighted by Gasteiger charge is 2.19. The van der Waals surface area contributed by atoms with Crippen LogP contribution in [0.25, 0.3) is 22.6 Å². The summed E-state index contributed by atoms with van der Waals surface area (Å²) < 4.78 is 0. The molecule has 0 aliphatic carbocycles. The van der Waals surface area contributed by atoms with Crippen molar-refractivity contribution in [2.75, 3.05) is 0 Å². The van der Waals surface area contributed by atoms with E-state index >= 15 is 0 Å². The average molecular weight is 496 g/mol. The molecule has 0 fully saturated rings. The molecular weight excluding hydrogens is 474 g/mol. The molecule has 0 unspecified atom stereocenters. The van der Waals surface area contributed by atoms with Crippen molar-refractivity contribution in [1.29, 1.82) is 0 Å². The summed E-state index contributed by atoms with van der Waals surface area (Å²) in [6.45, 7) is 2.25. The third-order valence-corrected chi connectivity index (χ3v) is 6.27. The number of hydrogen-bond acceptors (Lipinski definition) is 7. The summed E-state index contributed by atoms with van der Waals surface area (Å²) in [7, 11) is 0. The number of hydrazine groups is 1. The zero-order valence-electron chi connectivity index (χ0n) is 19.3. The Balaban J connectivity index is 1.20. The number of hydrogen-bond donors (Lipinski definition) is 2. The maximum Gasteiger partial charge on any atom is 0.282 e. The number of amides is 2. The van der Waals surface area contributed by atoms with Crippen molar-refractivity contribution >= 4 is 23.2 Å². The van der Waals surface area contributed by atoms with Gasteiger partial charge < -0.3 is 0 Å². The van der Waals surface area contributed by atoms with Gasteiger partial charge in [0.05, 0.1) is 17.2 Å². The van der Waals surface area contributed by atoms with Crippen LogP contribution < -0.4 is 10.9 Å². The maximum atomic E-state index is 12.8. The molecule has 0 aliphatic rings. The number of benzene rings is 3. The minimum atomic E-state index is -0.428. The molecule has 0 atom stereocenters. The van der Waals surface area contributed by atoms with Crippen molar-refractivity contribution < 1.29 is 9.59 Å². The Bertz CT molecular complexity index is 1500. The van der Waals surface area contributed by atoms with Crippen LogP contribution in [0.3, 0.4) is 0 Å². The van der Waals surface area contributed by atoms with E-state index in [1.54, 1.807) is 12.1 Å². The Morgan fingerprint density at radius 3 is 2.17 bits per heavy atom. The van der Waals surface area contributed by atoms with E-state index in [0.29, 0.717) is 28.5 Å². The third kappa shape index (κ3) is 5.18. The highest BCUT2D eigenvalue weighted by Crippen LogP contribution is 2.27. The molecular formula is C26H21N7O2S. The molecule has 0 saturated heterocycles. The summed E-state index contributed by atoms with van der Waals surface area (Å²) in [5.74, 6) is -0.299. The molecule has 36 heavy (non-hydrogen) atoms. The van der Waals surface area contributed by atoms with Gasteiger partial charge in [-0.1, -0.05) is 72.8 Å². The van der Waals surface area contributed by atoms with Gasteiger partial charge >= 0.3 is 0 Å². The first-order valence-electron chi connectivity index (χ1n) is 11.1. The molecule has 5 rings (SSSR count). The molecule has 3 aromatic carbocycles. The fraction of sp³-hybridized carbons (Fsp3) is 0.0769. The van der Waals surface area contributed by atoms with Crippen LogP contribution in [0.2, 0.25) is 0 Å². The topological polar surface area (TPSA) is 115 Å². The minimum absolute atomic E-state index is 0.402. The number of carbonyl (C=O) groups excluding carboxylic acids is 2. The normalized spacial score (nSPS) is 10.7. The molecule has 10 heteroatoms. The van der Waals surface area contributed by atoms with Gasteiger partial charge in [0.2, 0.25) is 5.82 Å². The van der Waals surface area contributed by atoms with Gasteiger partial charge in [-0.3, -0.25) is 20.4 Å². The number of carbonyl (C=O) groups is 2. The first kappa shape index (κ1) is 23.1. The van der Waals surface area contributed by atoms with Gasteiger partial charge in [-0.15, -0.1) is 21.5 Å². The molecule has 178 valence electrons. The maximum absolute atomic E-state index is 12.8. The van der Waals surface area contributed by atoms with E-state index in [9.17, 15) is 9.59 Å². The second kappa shape index (κ2) is 10.3. The van der Waals surface area contributed by atoms with Crippen LogP contribution in [0, 0.1) is 6.92 Å². The minimum Gasteiger partial charge on any atom is -0.267 e. The number of aromatic nitrogens is 5. The van der Waals surface area contributed by atoms with Crippen molar-refractivity contribution in [3.63, 3.8) is 0 Å². The predicted molar refractivity (Wildman–Crippen MR) is 136 cm³/mol. The van der Waals surface area contributed by atoms with Gasteiger partial charge in [0.1, 0.15) is 4.88 Å². The van der Waals surface area contributed by atoms with Gasteiger partial charge in [-0.05, 0) is 29.8 Å². The lowest BCUT2D eigenvalue weighted by molar-refractivity contribution is 0.0849. The standard InChI is InChI=1S/C26H21N7O2S/c1-17-27-22(19-8-4-2-5-9-19)23(36-17)26(35)30-29-25(34)21-14-12-18(13-15-21)16-33-31-24(28-32-33)20-10-6-3-7-11-20/h2-15H,16H2,1H3,(H,29,34)(H,30,35). The lowest BCUT2D eigenvalue weighted by atomic mass is 10.1. The molecule has 0 saturated carbocycles. The summed E-state index contributed by atoms with van der Waals surface area (Å²) in [4.78, 5) is 31.8. The summed E-state index contributed by atoms with van der Waals surface area (Å²) in [5, 5.41) is 13.4. The van der Waals surface area contributed by atoms with Gasteiger partial charge in [0, 0.05) is 16.7 Å². The van der Waals surface area contributed by atoms with Crippen LogP contribution in [0.15, 0.2) is 84.9 Å². The monoisotopic (exact) mass is 495 g/mol. The molecule has 2 heterocycles. The largest absolute Gasteiger partial charge is 0.282 e. The smallest absolute Gasteiger partial charge is 0.267 e. The zero-order valence-corrected chi connectivity index (χ0v) is 20.1. The fourth-order valence-electron chi connectivity index (χ4n) is 3.55. The highest BCUT2D eigenvalue weighted by atomic mass is 32.1. The van der Waals surface area contributed by atoms with Gasteiger partial charge in [-0.25, -0.2) is 4.98 Å². The fourth-order valence-corrected chi connectivity index (χ4v) is 4.39. The van der Waals surface area contributed by atoms with Gasteiger partial charge in [-0.2, -0.15) is 4.80 Å². The number of thiazole rings is 1. The average Bonchev–Trinajstić information content (AvgIpc) is 3.55. The van der Waals surface area contributed by atoms with E-state index < -0.39 is 11.8 Å². The quantitative estimate of drug-likeness (QED) is 0.345. The molecule has 9 nitrogen and oxygen atoms in total. The first-order chi connectivity index (χ1) is 17.6. The van der Waals surface area contributed by atoms with E-state index in [-0.39, 0.29) is 0 Å². The van der Waals surface area contributed by atoms with E-state index in [1.807, 2.05) is 79.7 Å². The second-order valence-electron chi connectivity index (χ2n) is 7.89. The SMILES string of the molecule is Cc1nc(-c2ccccc2)c(C(=O)NNC(=O)c2ccc(Cn3nnc(-c4ccccc4)n3)cc2)s1. The zero-order chi connectivity index (χ0) is 24.9. The Labute approximate surface area is 210 Å². The van der Waals surface area contributed by atoms with E-state index in [4.69, 9.17) is 0 Å². The first-order valence-corrected chi connectivity index (χ1v) is 11.9. The third-order valence-electron chi connectivity index (χ3n) is 5.30. The molecule has 0 radical (unpaired) electrons. The number of rotatable bonds is 6. The molecule has 0 bridgehead atoms. The molecule has 0 aliphatic heterocycles. The number of nitrogens with zero attached hydrogens (tertiary/aromatic N) is 5. The molecule has 0 spiro atoms. The van der Waals surface area contributed by atoms with Crippen LogP contribution in [0.4, 0.5) is 0 Å². The molecule has 2 aromatic heterocycles. The Morgan fingerprint density at radius 1 is 0.833 bits per heavy atom. The van der Waals surface area contributed by atoms with Gasteiger partial charge in [0.25, 0.3) is 11.8 Å². The Hall–Kier alpha value is -4.70. The van der Waals surface area contributed by atoms with Gasteiger partial charge in [0.15, 0.2) is 0 Å². The van der Waals surface area contributed by atoms with Crippen molar-refractivity contribution in [2.24, 2.45) is 0 Å². The summed E-state index contributed by atoms with van der Waals surface area (Å²) in [5.41, 5.74) is 8.59. The van der Waals surface area contributed by atoms with E-state index in [0.717, 1.165) is 21.7 Å². The van der Waals surface area contributed by atoms with Crippen LogP contribution in [-0.2, 0) is 6.54 Å².